The van der Waals surface area contributed by atoms with Gasteiger partial charge in [0.05, 0.1) is 18.5 Å². The van der Waals surface area contributed by atoms with Crippen LogP contribution in [0.15, 0.2) is 52.5 Å². The quantitative estimate of drug-likeness (QED) is 0.748. The van der Waals surface area contributed by atoms with Crippen molar-refractivity contribution in [2.75, 3.05) is 0 Å². The van der Waals surface area contributed by atoms with E-state index < -0.39 is 0 Å². The van der Waals surface area contributed by atoms with E-state index >= 15 is 0 Å². The third-order valence-electron chi connectivity index (χ3n) is 3.29. The molecule has 0 bridgehead atoms. The minimum atomic E-state index is -0.265. The number of halogens is 1. The molecule has 0 saturated heterocycles. The topological polar surface area (TPSA) is 55.1 Å². The summed E-state index contributed by atoms with van der Waals surface area (Å²) < 4.78 is 18.1. The van der Waals surface area contributed by atoms with Crippen molar-refractivity contribution in [3.05, 3.63) is 65.3 Å². The van der Waals surface area contributed by atoms with E-state index in [2.05, 4.69) is 10.3 Å². The van der Waals surface area contributed by atoms with Gasteiger partial charge in [0.15, 0.2) is 0 Å². The van der Waals surface area contributed by atoms with Gasteiger partial charge in [0.1, 0.15) is 16.6 Å². The molecule has 0 radical (unpaired) electrons. The zero-order chi connectivity index (χ0) is 16.1. The predicted molar refractivity (Wildman–Crippen MR) is 86.4 cm³/mol. The van der Waals surface area contributed by atoms with Gasteiger partial charge in [0, 0.05) is 17.4 Å². The van der Waals surface area contributed by atoms with Crippen molar-refractivity contribution in [1.82, 2.24) is 10.3 Å². The third kappa shape index (κ3) is 4.26. The average molecular weight is 330 g/mol. The van der Waals surface area contributed by atoms with Gasteiger partial charge in [-0.05, 0) is 42.8 Å². The Hall–Kier alpha value is -2.47. The van der Waals surface area contributed by atoms with Crippen LogP contribution in [0.2, 0.25) is 0 Å². The molecular weight excluding hydrogens is 315 g/mol. The summed E-state index contributed by atoms with van der Waals surface area (Å²) in [6, 6.07) is 9.84. The number of amides is 1. The Morgan fingerprint density at radius 3 is 2.83 bits per heavy atom. The Labute approximate surface area is 137 Å². The molecule has 118 valence electrons. The second-order valence-corrected chi connectivity index (χ2v) is 5.87. The highest BCUT2D eigenvalue weighted by Crippen LogP contribution is 2.24. The first kappa shape index (κ1) is 15.4. The number of carbonyl (C=O) groups excluding carboxylic acids is 1. The Kier molecular flexibility index (Phi) is 4.83. The summed E-state index contributed by atoms with van der Waals surface area (Å²) in [4.78, 5) is 16.3. The number of hydrogen-bond acceptors (Lipinski definition) is 4. The van der Waals surface area contributed by atoms with Gasteiger partial charge in [0.25, 0.3) is 0 Å². The first-order chi connectivity index (χ1) is 11.2. The van der Waals surface area contributed by atoms with E-state index in [1.165, 1.54) is 23.5 Å². The fraction of sp³-hybridized carbons (Fsp3) is 0.176. The minimum Gasteiger partial charge on any atom is -0.467 e. The summed E-state index contributed by atoms with van der Waals surface area (Å²) in [6.07, 6.45) is 2.52. The number of carbonyl (C=O) groups is 1. The lowest BCUT2D eigenvalue weighted by atomic mass is 10.2. The van der Waals surface area contributed by atoms with Crippen LogP contribution in [0.5, 0.6) is 0 Å². The van der Waals surface area contributed by atoms with Gasteiger partial charge in [-0.3, -0.25) is 4.79 Å². The molecule has 0 spiro atoms. The summed E-state index contributed by atoms with van der Waals surface area (Å²) >= 11 is 1.49. The molecule has 1 N–H and O–H groups in total. The molecule has 1 amide bonds. The number of thiazole rings is 1. The maximum absolute atomic E-state index is 12.9. The molecule has 23 heavy (non-hydrogen) atoms. The fourth-order valence-corrected chi connectivity index (χ4v) is 2.94. The van der Waals surface area contributed by atoms with Crippen LogP contribution in [0.3, 0.4) is 0 Å². The highest BCUT2D eigenvalue weighted by atomic mass is 32.1. The molecule has 0 saturated carbocycles. The van der Waals surface area contributed by atoms with Crippen molar-refractivity contribution in [1.29, 1.82) is 0 Å². The van der Waals surface area contributed by atoms with E-state index in [9.17, 15) is 9.18 Å². The Morgan fingerprint density at radius 2 is 2.09 bits per heavy atom. The monoisotopic (exact) mass is 330 g/mol. The largest absolute Gasteiger partial charge is 0.467 e. The lowest BCUT2D eigenvalue weighted by molar-refractivity contribution is -0.121. The highest BCUT2D eigenvalue weighted by molar-refractivity contribution is 7.13. The number of rotatable bonds is 6. The Bertz CT molecular complexity index is 766. The number of hydrogen-bond donors (Lipinski definition) is 1. The van der Waals surface area contributed by atoms with E-state index in [-0.39, 0.29) is 11.7 Å². The van der Waals surface area contributed by atoms with Crippen molar-refractivity contribution in [2.24, 2.45) is 0 Å². The molecule has 0 unspecified atom stereocenters. The molecule has 3 rings (SSSR count). The standard InChI is InChI=1S/C17H15FN2O2S/c18-13-5-3-12(4-6-13)17-20-14(11-23-17)7-8-16(21)19-10-15-2-1-9-22-15/h1-6,9,11H,7-8,10H2,(H,19,21). The number of nitrogens with one attached hydrogen (secondary N) is 1. The van der Waals surface area contributed by atoms with Crippen LogP contribution >= 0.6 is 11.3 Å². The zero-order valence-electron chi connectivity index (χ0n) is 12.3. The van der Waals surface area contributed by atoms with E-state index in [1.807, 2.05) is 11.4 Å². The van der Waals surface area contributed by atoms with Crippen LogP contribution in [-0.2, 0) is 17.8 Å². The van der Waals surface area contributed by atoms with Crippen molar-refractivity contribution in [3.63, 3.8) is 0 Å². The number of benzene rings is 1. The number of nitrogens with zero attached hydrogens (tertiary/aromatic N) is 1. The fourth-order valence-electron chi connectivity index (χ4n) is 2.08. The van der Waals surface area contributed by atoms with Crippen molar-refractivity contribution >= 4 is 17.2 Å². The summed E-state index contributed by atoms with van der Waals surface area (Å²) in [7, 11) is 0. The number of aryl methyl sites for hydroxylation is 1. The van der Waals surface area contributed by atoms with E-state index in [0.717, 1.165) is 22.0 Å². The van der Waals surface area contributed by atoms with Gasteiger partial charge in [0.2, 0.25) is 5.91 Å². The van der Waals surface area contributed by atoms with Crippen LogP contribution in [0, 0.1) is 5.82 Å². The molecule has 4 nitrogen and oxygen atoms in total. The van der Waals surface area contributed by atoms with Crippen LogP contribution in [0.4, 0.5) is 4.39 Å². The summed E-state index contributed by atoms with van der Waals surface area (Å²) in [5, 5.41) is 5.56. The van der Waals surface area contributed by atoms with Gasteiger partial charge in [-0.25, -0.2) is 9.37 Å². The number of aromatic nitrogens is 1. The van der Waals surface area contributed by atoms with E-state index in [0.29, 0.717) is 19.4 Å². The molecule has 0 fully saturated rings. The van der Waals surface area contributed by atoms with Gasteiger partial charge in [-0.1, -0.05) is 0 Å². The molecule has 6 heteroatoms. The van der Waals surface area contributed by atoms with Crippen molar-refractivity contribution in [3.8, 4) is 10.6 Å². The van der Waals surface area contributed by atoms with Crippen molar-refractivity contribution < 1.29 is 13.6 Å². The Balaban J connectivity index is 1.50. The molecule has 1 aromatic carbocycles. The SMILES string of the molecule is O=C(CCc1csc(-c2ccc(F)cc2)n1)NCc1ccco1. The van der Waals surface area contributed by atoms with E-state index in [1.54, 1.807) is 24.5 Å². The molecule has 0 aliphatic rings. The molecule has 2 aromatic heterocycles. The Morgan fingerprint density at radius 1 is 1.26 bits per heavy atom. The van der Waals surface area contributed by atoms with Crippen LogP contribution in [0.1, 0.15) is 17.9 Å². The van der Waals surface area contributed by atoms with Crippen LogP contribution in [-0.4, -0.2) is 10.9 Å². The lowest BCUT2D eigenvalue weighted by Gasteiger charge is -2.02. The maximum atomic E-state index is 12.9. The smallest absolute Gasteiger partial charge is 0.220 e. The molecule has 0 aliphatic carbocycles. The minimum absolute atomic E-state index is 0.0438. The average Bonchev–Trinajstić information content (AvgIpc) is 3.23. The molecule has 3 aromatic rings. The predicted octanol–water partition coefficient (Wildman–Crippen LogP) is 3.79. The van der Waals surface area contributed by atoms with Gasteiger partial charge in [-0.15, -0.1) is 11.3 Å². The zero-order valence-corrected chi connectivity index (χ0v) is 13.1. The summed E-state index contributed by atoms with van der Waals surface area (Å²) in [5.74, 6) is 0.419. The summed E-state index contributed by atoms with van der Waals surface area (Å²) in [6.45, 7) is 0.393. The first-order valence-electron chi connectivity index (χ1n) is 7.20. The second-order valence-electron chi connectivity index (χ2n) is 5.01. The molecular formula is C17H15FN2O2S. The van der Waals surface area contributed by atoms with Crippen LogP contribution < -0.4 is 5.32 Å². The number of furan rings is 1. The molecule has 0 atom stereocenters. The molecule has 2 heterocycles. The normalized spacial score (nSPS) is 10.7. The molecule has 0 aliphatic heterocycles. The lowest BCUT2D eigenvalue weighted by Crippen LogP contribution is -2.22. The first-order valence-corrected chi connectivity index (χ1v) is 8.08. The van der Waals surface area contributed by atoms with E-state index in [4.69, 9.17) is 4.42 Å². The third-order valence-corrected chi connectivity index (χ3v) is 4.23. The van der Waals surface area contributed by atoms with Crippen molar-refractivity contribution in [2.45, 2.75) is 19.4 Å². The highest BCUT2D eigenvalue weighted by Gasteiger charge is 2.08. The van der Waals surface area contributed by atoms with Gasteiger partial charge >= 0.3 is 0 Å². The van der Waals surface area contributed by atoms with Crippen LogP contribution in [0.25, 0.3) is 10.6 Å². The van der Waals surface area contributed by atoms with Gasteiger partial charge in [-0.2, -0.15) is 0 Å². The summed E-state index contributed by atoms with van der Waals surface area (Å²) in [5.41, 5.74) is 1.74. The second kappa shape index (κ2) is 7.19. The van der Waals surface area contributed by atoms with Gasteiger partial charge < -0.3 is 9.73 Å². The maximum Gasteiger partial charge on any atom is 0.220 e.